The quantitative estimate of drug-likeness (QED) is 0.411. The summed E-state index contributed by atoms with van der Waals surface area (Å²) in [7, 11) is -3.48. The minimum atomic E-state index is -3.48. The van der Waals surface area contributed by atoms with Crippen LogP contribution in [0.2, 0.25) is 0 Å². The van der Waals surface area contributed by atoms with Crippen LogP contribution in [-0.4, -0.2) is 52.5 Å². The number of fused-ring (bicyclic) bond motifs is 1. The van der Waals surface area contributed by atoms with E-state index in [1.165, 1.54) is 0 Å². The molecule has 11 heteroatoms. The molecule has 184 valence electrons. The molecule has 0 spiro atoms. The van der Waals surface area contributed by atoms with E-state index in [9.17, 15) is 4.57 Å². The molecule has 0 saturated carbocycles. The van der Waals surface area contributed by atoms with Gasteiger partial charge in [0.15, 0.2) is 11.9 Å². The van der Waals surface area contributed by atoms with Crippen molar-refractivity contribution < 1.29 is 23.3 Å². The molecular weight excluding hydrogens is 457 g/mol. The third-order valence-corrected chi connectivity index (χ3v) is 7.22. The predicted molar refractivity (Wildman–Crippen MR) is 130 cm³/mol. The van der Waals surface area contributed by atoms with Crippen molar-refractivity contribution in [3.8, 4) is 5.75 Å². The number of anilines is 1. The van der Waals surface area contributed by atoms with Crippen molar-refractivity contribution in [1.82, 2.24) is 19.6 Å². The number of nitrogens with zero attached hydrogens (tertiary/aromatic N) is 3. The van der Waals surface area contributed by atoms with Crippen LogP contribution >= 0.6 is 7.52 Å². The molecule has 1 unspecified atom stereocenters. The van der Waals surface area contributed by atoms with Crippen molar-refractivity contribution in [1.29, 1.82) is 0 Å². The minimum absolute atomic E-state index is 0.138. The average molecular weight is 490 g/mol. The van der Waals surface area contributed by atoms with E-state index in [1.807, 2.05) is 50.5 Å². The van der Waals surface area contributed by atoms with E-state index in [2.05, 4.69) is 15.1 Å². The van der Waals surface area contributed by atoms with E-state index in [-0.39, 0.29) is 18.5 Å². The van der Waals surface area contributed by atoms with E-state index < -0.39 is 13.8 Å². The van der Waals surface area contributed by atoms with Crippen LogP contribution in [-0.2, 0) is 25.3 Å². The Hall–Kier alpha value is -2.49. The van der Waals surface area contributed by atoms with Gasteiger partial charge in [-0.25, -0.2) is 15.1 Å². The Morgan fingerprint density at radius 1 is 1.21 bits per heavy atom. The lowest BCUT2D eigenvalue weighted by Crippen LogP contribution is -2.38. The van der Waals surface area contributed by atoms with Gasteiger partial charge in [-0.05, 0) is 57.0 Å². The number of nitrogens with two attached hydrogens (primary N) is 1. The number of rotatable bonds is 10. The summed E-state index contributed by atoms with van der Waals surface area (Å²) in [5, 5.41) is 3.08. The van der Waals surface area contributed by atoms with Gasteiger partial charge in [0, 0.05) is 6.20 Å². The molecule has 3 heterocycles. The Labute approximate surface area is 199 Å². The van der Waals surface area contributed by atoms with Gasteiger partial charge in [-0.3, -0.25) is 4.57 Å². The topological polar surface area (TPSA) is 123 Å². The molecule has 1 aliphatic heterocycles. The van der Waals surface area contributed by atoms with Gasteiger partial charge in [-0.2, -0.15) is 0 Å². The summed E-state index contributed by atoms with van der Waals surface area (Å²) in [6.07, 6.45) is 2.39. The van der Waals surface area contributed by atoms with Crippen LogP contribution in [0.3, 0.4) is 0 Å². The van der Waals surface area contributed by atoms with Gasteiger partial charge < -0.3 is 29.0 Å². The SMILES string of the molecule is Cc1cc(C)cc(OP(=O)(CO[C@H](C)Cn2cnc3c(N)ccnc32)N[C@@H](C)C2OCCO2)c1. The van der Waals surface area contributed by atoms with Crippen LogP contribution in [0.15, 0.2) is 36.8 Å². The normalized spacial score (nSPS) is 18.1. The molecule has 4 rings (SSSR count). The molecule has 0 aliphatic carbocycles. The van der Waals surface area contributed by atoms with E-state index in [4.69, 9.17) is 24.5 Å². The van der Waals surface area contributed by atoms with Gasteiger partial charge in [0.1, 0.15) is 17.6 Å². The van der Waals surface area contributed by atoms with Crippen molar-refractivity contribution in [2.45, 2.75) is 52.7 Å². The number of nitrogens with one attached hydrogen (secondary N) is 1. The lowest BCUT2D eigenvalue weighted by molar-refractivity contribution is -0.0592. The second kappa shape index (κ2) is 10.4. The van der Waals surface area contributed by atoms with Crippen LogP contribution < -0.4 is 15.3 Å². The molecule has 10 nitrogen and oxygen atoms in total. The van der Waals surface area contributed by atoms with Gasteiger partial charge in [0.2, 0.25) is 0 Å². The van der Waals surface area contributed by atoms with Crippen molar-refractivity contribution in [2.24, 2.45) is 0 Å². The van der Waals surface area contributed by atoms with Crippen molar-refractivity contribution in [3.05, 3.63) is 47.9 Å². The van der Waals surface area contributed by atoms with Gasteiger partial charge in [-0.15, -0.1) is 0 Å². The van der Waals surface area contributed by atoms with Crippen molar-refractivity contribution >= 4 is 24.4 Å². The molecule has 0 amide bonds. The van der Waals surface area contributed by atoms with Crippen LogP contribution in [0, 0.1) is 13.8 Å². The third-order valence-electron chi connectivity index (χ3n) is 5.42. The fourth-order valence-electron chi connectivity index (χ4n) is 3.95. The first-order valence-corrected chi connectivity index (χ1v) is 13.1. The first-order chi connectivity index (χ1) is 16.2. The zero-order chi connectivity index (χ0) is 24.3. The molecule has 1 saturated heterocycles. The van der Waals surface area contributed by atoms with Crippen LogP contribution in [0.4, 0.5) is 5.69 Å². The maximum absolute atomic E-state index is 13.9. The Bertz CT molecular complexity index is 1160. The Balaban J connectivity index is 1.47. The highest BCUT2D eigenvalue weighted by Crippen LogP contribution is 2.45. The number of benzene rings is 1. The lowest BCUT2D eigenvalue weighted by Gasteiger charge is -2.27. The Morgan fingerprint density at radius 2 is 1.91 bits per heavy atom. The van der Waals surface area contributed by atoms with Gasteiger partial charge in [-0.1, -0.05) is 6.07 Å². The zero-order valence-corrected chi connectivity index (χ0v) is 20.8. The molecule has 1 aromatic carbocycles. The maximum Gasteiger partial charge on any atom is 0.342 e. The fraction of sp³-hybridized carbons (Fsp3) is 0.478. The van der Waals surface area contributed by atoms with Crippen LogP contribution in [0.5, 0.6) is 5.75 Å². The third kappa shape index (κ3) is 5.95. The summed E-state index contributed by atoms with van der Waals surface area (Å²) in [4.78, 5) is 8.70. The van der Waals surface area contributed by atoms with E-state index >= 15 is 0 Å². The number of aromatic nitrogens is 3. The standard InChI is InChI=1S/C23H32N5O5P/c1-15-9-16(2)11-19(10-15)33-34(29,27-18(4)23-30-7-8-31-23)14-32-17(3)12-28-13-26-21-20(24)5-6-25-22(21)28/h5-6,9-11,13,17-18,23H,7-8,12,14H2,1-4H3,(H2,24,25)(H,27,29)/t17-,18+,34?/m1/s1. The Morgan fingerprint density at radius 3 is 2.62 bits per heavy atom. The largest absolute Gasteiger partial charge is 0.431 e. The number of hydrogen-bond donors (Lipinski definition) is 2. The average Bonchev–Trinajstić information content (AvgIpc) is 3.43. The first kappa shape index (κ1) is 24.6. The van der Waals surface area contributed by atoms with E-state index in [0.29, 0.717) is 42.4 Å². The first-order valence-electron chi connectivity index (χ1n) is 11.3. The molecule has 0 bridgehead atoms. The van der Waals surface area contributed by atoms with Gasteiger partial charge >= 0.3 is 7.52 Å². The molecular formula is C23H32N5O5P. The van der Waals surface area contributed by atoms with Gasteiger partial charge in [0.25, 0.3) is 0 Å². The highest BCUT2D eigenvalue weighted by molar-refractivity contribution is 7.57. The maximum atomic E-state index is 13.9. The molecule has 3 atom stereocenters. The summed E-state index contributed by atoms with van der Waals surface area (Å²) in [5.74, 6) is 0.519. The summed E-state index contributed by atoms with van der Waals surface area (Å²) in [5.41, 5.74) is 9.90. The number of aryl methyl sites for hydroxylation is 2. The second-order valence-electron chi connectivity index (χ2n) is 8.69. The molecule has 3 aromatic rings. The van der Waals surface area contributed by atoms with Crippen molar-refractivity contribution in [2.75, 3.05) is 25.3 Å². The predicted octanol–water partition coefficient (Wildman–Crippen LogP) is 3.62. The molecule has 3 N–H and O–H groups in total. The van der Waals surface area contributed by atoms with Gasteiger partial charge in [0.05, 0.1) is 43.9 Å². The number of imidazole rings is 1. The lowest BCUT2D eigenvalue weighted by atomic mass is 10.1. The number of pyridine rings is 1. The summed E-state index contributed by atoms with van der Waals surface area (Å²) >= 11 is 0. The monoisotopic (exact) mass is 489 g/mol. The highest BCUT2D eigenvalue weighted by atomic mass is 31.2. The Kier molecular flexibility index (Phi) is 7.54. The number of nitrogen functional groups attached to an aromatic ring is 1. The number of ether oxygens (including phenoxy) is 3. The molecule has 34 heavy (non-hydrogen) atoms. The highest BCUT2D eigenvalue weighted by Gasteiger charge is 2.33. The number of hydrogen-bond acceptors (Lipinski definition) is 8. The fourth-order valence-corrected chi connectivity index (χ4v) is 5.77. The molecule has 0 radical (unpaired) electrons. The van der Waals surface area contributed by atoms with Crippen LogP contribution in [0.25, 0.3) is 11.2 Å². The smallest absolute Gasteiger partial charge is 0.342 e. The summed E-state index contributed by atoms with van der Waals surface area (Å²) in [6.45, 7) is 9.15. The molecule has 2 aromatic heterocycles. The van der Waals surface area contributed by atoms with E-state index in [0.717, 1.165) is 11.1 Å². The second-order valence-corrected chi connectivity index (χ2v) is 10.7. The van der Waals surface area contributed by atoms with Crippen molar-refractivity contribution in [3.63, 3.8) is 0 Å². The zero-order valence-electron chi connectivity index (χ0n) is 19.9. The summed E-state index contributed by atoms with van der Waals surface area (Å²) in [6, 6.07) is 7.09. The molecule has 1 fully saturated rings. The summed E-state index contributed by atoms with van der Waals surface area (Å²) < 4.78 is 39.0. The molecule has 1 aliphatic rings. The van der Waals surface area contributed by atoms with E-state index in [1.54, 1.807) is 18.6 Å². The minimum Gasteiger partial charge on any atom is -0.431 e. The van der Waals surface area contributed by atoms with Crippen LogP contribution in [0.1, 0.15) is 25.0 Å².